The number of ether oxygens (including phenoxy) is 1. The highest BCUT2D eigenvalue weighted by Gasteiger charge is 2.07. The predicted molar refractivity (Wildman–Crippen MR) is 115 cm³/mol. The molecular formula is C24H24N2O3. The summed E-state index contributed by atoms with van der Waals surface area (Å²) in [4.78, 5) is 24.5. The molecule has 5 nitrogen and oxygen atoms in total. The van der Waals surface area contributed by atoms with E-state index in [2.05, 4.69) is 10.6 Å². The molecule has 0 aliphatic heterocycles. The topological polar surface area (TPSA) is 67.4 Å². The Balaban J connectivity index is 1.51. The van der Waals surface area contributed by atoms with Crippen LogP contribution >= 0.6 is 0 Å². The SMILES string of the molecule is COc1ccc(CC(=O)Nc2cccc(NC(=O)CCc3ccccc3)c2)cc1. The molecular weight excluding hydrogens is 364 g/mol. The van der Waals surface area contributed by atoms with Crippen LogP contribution in [-0.2, 0) is 22.4 Å². The number of methoxy groups -OCH3 is 1. The fourth-order valence-corrected chi connectivity index (χ4v) is 2.93. The Bertz CT molecular complexity index is 953. The van der Waals surface area contributed by atoms with Crippen molar-refractivity contribution in [2.75, 3.05) is 17.7 Å². The minimum Gasteiger partial charge on any atom is -0.497 e. The normalized spacial score (nSPS) is 10.2. The molecule has 0 fully saturated rings. The van der Waals surface area contributed by atoms with Crippen LogP contribution in [0.3, 0.4) is 0 Å². The predicted octanol–water partition coefficient (Wildman–Crippen LogP) is 4.45. The molecule has 0 saturated heterocycles. The number of benzene rings is 3. The molecule has 0 heterocycles. The van der Waals surface area contributed by atoms with Gasteiger partial charge < -0.3 is 15.4 Å². The summed E-state index contributed by atoms with van der Waals surface area (Å²) in [6, 6.07) is 24.4. The van der Waals surface area contributed by atoms with Crippen LogP contribution in [0.1, 0.15) is 17.5 Å². The average molecular weight is 388 g/mol. The summed E-state index contributed by atoms with van der Waals surface area (Å²) in [5.74, 6) is 0.572. The van der Waals surface area contributed by atoms with Gasteiger partial charge in [-0.2, -0.15) is 0 Å². The first kappa shape index (κ1) is 20.1. The molecule has 5 heteroatoms. The van der Waals surface area contributed by atoms with E-state index in [4.69, 9.17) is 4.74 Å². The lowest BCUT2D eigenvalue weighted by Gasteiger charge is -2.09. The first-order valence-electron chi connectivity index (χ1n) is 9.49. The van der Waals surface area contributed by atoms with E-state index in [1.807, 2.05) is 54.6 Å². The minimum atomic E-state index is -0.122. The van der Waals surface area contributed by atoms with Gasteiger partial charge in [-0.15, -0.1) is 0 Å². The van der Waals surface area contributed by atoms with E-state index >= 15 is 0 Å². The molecule has 0 radical (unpaired) electrons. The fraction of sp³-hybridized carbons (Fsp3) is 0.167. The van der Waals surface area contributed by atoms with E-state index in [-0.39, 0.29) is 18.2 Å². The minimum absolute atomic E-state index is 0.0597. The molecule has 0 unspecified atom stereocenters. The van der Waals surface area contributed by atoms with Gasteiger partial charge in [0.25, 0.3) is 0 Å². The molecule has 0 aromatic heterocycles. The zero-order valence-electron chi connectivity index (χ0n) is 16.4. The second-order valence-electron chi connectivity index (χ2n) is 6.69. The van der Waals surface area contributed by atoms with Crippen LogP contribution in [0.5, 0.6) is 5.75 Å². The van der Waals surface area contributed by atoms with Gasteiger partial charge in [0.15, 0.2) is 0 Å². The molecule has 2 amide bonds. The molecule has 3 aromatic rings. The van der Waals surface area contributed by atoms with E-state index in [0.717, 1.165) is 16.9 Å². The highest BCUT2D eigenvalue weighted by Crippen LogP contribution is 2.17. The van der Waals surface area contributed by atoms with Gasteiger partial charge in [0, 0.05) is 17.8 Å². The van der Waals surface area contributed by atoms with Gasteiger partial charge in [0.05, 0.1) is 13.5 Å². The monoisotopic (exact) mass is 388 g/mol. The summed E-state index contributed by atoms with van der Waals surface area (Å²) < 4.78 is 5.12. The summed E-state index contributed by atoms with van der Waals surface area (Å²) in [6.07, 6.45) is 1.35. The molecule has 0 aliphatic carbocycles. The largest absolute Gasteiger partial charge is 0.497 e. The van der Waals surface area contributed by atoms with E-state index < -0.39 is 0 Å². The zero-order chi connectivity index (χ0) is 20.5. The van der Waals surface area contributed by atoms with Crippen molar-refractivity contribution in [3.05, 3.63) is 90.0 Å². The second-order valence-corrected chi connectivity index (χ2v) is 6.69. The maximum absolute atomic E-state index is 12.3. The van der Waals surface area contributed by atoms with Crippen LogP contribution in [0.2, 0.25) is 0 Å². The average Bonchev–Trinajstić information content (AvgIpc) is 2.74. The molecule has 0 atom stereocenters. The number of rotatable bonds is 8. The summed E-state index contributed by atoms with van der Waals surface area (Å²) in [7, 11) is 1.61. The Morgan fingerprint density at radius 1 is 0.759 bits per heavy atom. The Morgan fingerprint density at radius 3 is 2.07 bits per heavy atom. The third-order valence-corrected chi connectivity index (χ3v) is 4.44. The van der Waals surface area contributed by atoms with E-state index in [1.165, 1.54) is 0 Å². The van der Waals surface area contributed by atoms with Crippen LogP contribution in [0.15, 0.2) is 78.9 Å². The van der Waals surface area contributed by atoms with Crippen molar-refractivity contribution in [2.24, 2.45) is 0 Å². The van der Waals surface area contributed by atoms with Crippen LogP contribution in [0.25, 0.3) is 0 Å². The summed E-state index contributed by atoms with van der Waals surface area (Å²) in [5.41, 5.74) is 3.32. The summed E-state index contributed by atoms with van der Waals surface area (Å²) in [5, 5.41) is 5.75. The molecule has 0 spiro atoms. The number of hydrogen-bond donors (Lipinski definition) is 2. The van der Waals surface area contributed by atoms with Gasteiger partial charge in [0.2, 0.25) is 11.8 Å². The maximum Gasteiger partial charge on any atom is 0.228 e. The summed E-state index contributed by atoms with van der Waals surface area (Å²) >= 11 is 0. The third kappa shape index (κ3) is 6.50. The molecule has 3 rings (SSSR count). The highest BCUT2D eigenvalue weighted by atomic mass is 16.5. The Labute approximate surface area is 170 Å². The first-order chi connectivity index (χ1) is 14.1. The fourth-order valence-electron chi connectivity index (χ4n) is 2.93. The van der Waals surface area contributed by atoms with Crippen molar-refractivity contribution in [3.8, 4) is 5.75 Å². The zero-order valence-corrected chi connectivity index (χ0v) is 16.4. The quantitative estimate of drug-likeness (QED) is 0.599. The van der Waals surface area contributed by atoms with Crippen LogP contribution in [0, 0.1) is 0 Å². The molecule has 148 valence electrons. The van der Waals surface area contributed by atoms with E-state index in [9.17, 15) is 9.59 Å². The number of hydrogen-bond acceptors (Lipinski definition) is 3. The molecule has 0 aliphatic rings. The number of carbonyl (C=O) groups excluding carboxylic acids is 2. The van der Waals surface area contributed by atoms with Crippen molar-refractivity contribution >= 4 is 23.2 Å². The standard InChI is InChI=1S/C24H24N2O3/c1-29-22-13-10-19(11-14-22)16-24(28)26-21-9-5-8-20(17-21)25-23(27)15-12-18-6-3-2-4-7-18/h2-11,13-14,17H,12,15-16H2,1H3,(H,25,27)(H,26,28). The molecule has 0 bridgehead atoms. The van der Waals surface area contributed by atoms with Crippen molar-refractivity contribution < 1.29 is 14.3 Å². The highest BCUT2D eigenvalue weighted by molar-refractivity contribution is 5.94. The summed E-state index contributed by atoms with van der Waals surface area (Å²) in [6.45, 7) is 0. The van der Waals surface area contributed by atoms with Gasteiger partial charge in [-0.1, -0.05) is 48.5 Å². The maximum atomic E-state index is 12.3. The lowest BCUT2D eigenvalue weighted by Crippen LogP contribution is -2.15. The number of aryl methyl sites for hydroxylation is 1. The second kappa shape index (κ2) is 10.1. The Morgan fingerprint density at radius 2 is 1.41 bits per heavy atom. The molecule has 29 heavy (non-hydrogen) atoms. The van der Waals surface area contributed by atoms with Gasteiger partial charge in [0.1, 0.15) is 5.75 Å². The lowest BCUT2D eigenvalue weighted by molar-refractivity contribution is -0.116. The number of nitrogens with one attached hydrogen (secondary N) is 2. The van der Waals surface area contributed by atoms with Gasteiger partial charge >= 0.3 is 0 Å². The smallest absolute Gasteiger partial charge is 0.228 e. The molecule has 3 aromatic carbocycles. The van der Waals surface area contributed by atoms with Crippen molar-refractivity contribution in [1.29, 1.82) is 0 Å². The van der Waals surface area contributed by atoms with E-state index in [1.54, 1.807) is 31.4 Å². The van der Waals surface area contributed by atoms with Gasteiger partial charge in [-0.3, -0.25) is 9.59 Å². The number of carbonyl (C=O) groups is 2. The van der Waals surface area contributed by atoms with Crippen molar-refractivity contribution in [1.82, 2.24) is 0 Å². The Hall–Kier alpha value is -3.60. The van der Waals surface area contributed by atoms with Crippen molar-refractivity contribution in [3.63, 3.8) is 0 Å². The van der Waals surface area contributed by atoms with Crippen molar-refractivity contribution in [2.45, 2.75) is 19.3 Å². The lowest BCUT2D eigenvalue weighted by atomic mass is 10.1. The van der Waals surface area contributed by atoms with Gasteiger partial charge in [-0.05, 0) is 47.9 Å². The van der Waals surface area contributed by atoms with Gasteiger partial charge in [-0.25, -0.2) is 0 Å². The van der Waals surface area contributed by atoms with Crippen LogP contribution < -0.4 is 15.4 Å². The van der Waals surface area contributed by atoms with Crippen LogP contribution in [0.4, 0.5) is 11.4 Å². The van der Waals surface area contributed by atoms with E-state index in [0.29, 0.717) is 24.2 Å². The number of anilines is 2. The third-order valence-electron chi connectivity index (χ3n) is 4.44. The molecule has 2 N–H and O–H groups in total. The molecule has 0 saturated carbocycles. The van der Waals surface area contributed by atoms with Crippen LogP contribution in [-0.4, -0.2) is 18.9 Å². The number of amides is 2. The Kier molecular flexibility index (Phi) is 7.00. The first-order valence-corrected chi connectivity index (χ1v) is 9.49.